The summed E-state index contributed by atoms with van der Waals surface area (Å²) in [6.45, 7) is 4.83. The van der Waals surface area contributed by atoms with Gasteiger partial charge in [-0.3, -0.25) is 9.69 Å². The lowest BCUT2D eigenvalue weighted by Crippen LogP contribution is -2.37. The van der Waals surface area contributed by atoms with E-state index in [1.807, 2.05) is 41.8 Å². The van der Waals surface area contributed by atoms with E-state index in [1.54, 1.807) is 0 Å². The fourth-order valence-corrected chi connectivity index (χ4v) is 3.45. The highest BCUT2D eigenvalue weighted by Gasteiger charge is 2.25. The minimum absolute atomic E-state index is 0.0883. The maximum Gasteiger partial charge on any atom is 0.271 e. The molecular weight excluding hydrogens is 312 g/mol. The highest BCUT2D eigenvalue weighted by Crippen LogP contribution is 2.14. The van der Waals surface area contributed by atoms with Crippen molar-refractivity contribution in [1.82, 2.24) is 19.6 Å². The van der Waals surface area contributed by atoms with Crippen LogP contribution < -0.4 is 5.32 Å². The molecule has 1 aromatic carbocycles. The molecule has 1 atom stereocenters. The van der Waals surface area contributed by atoms with E-state index in [2.05, 4.69) is 39.5 Å². The summed E-state index contributed by atoms with van der Waals surface area (Å²) < 4.78 is 1.95. The Labute approximate surface area is 147 Å². The predicted molar refractivity (Wildman–Crippen MR) is 97.5 cm³/mol. The fraction of sp³-hybridized carbons (Fsp3) is 0.300. The number of rotatable bonds is 4. The first-order valence-corrected chi connectivity index (χ1v) is 8.71. The van der Waals surface area contributed by atoms with Crippen molar-refractivity contribution in [3.8, 4) is 0 Å². The minimum Gasteiger partial charge on any atom is -0.347 e. The van der Waals surface area contributed by atoms with E-state index >= 15 is 0 Å². The summed E-state index contributed by atoms with van der Waals surface area (Å²) >= 11 is 0. The van der Waals surface area contributed by atoms with Crippen LogP contribution in [0.25, 0.3) is 5.65 Å². The van der Waals surface area contributed by atoms with E-state index in [0.717, 1.165) is 37.4 Å². The monoisotopic (exact) mass is 334 g/mol. The maximum atomic E-state index is 12.5. The van der Waals surface area contributed by atoms with Gasteiger partial charge in [0.2, 0.25) is 0 Å². The topological polar surface area (TPSA) is 49.6 Å². The minimum atomic E-state index is -0.0883. The Morgan fingerprint density at radius 3 is 2.84 bits per heavy atom. The molecule has 5 heteroatoms. The van der Waals surface area contributed by atoms with Gasteiger partial charge in [0.1, 0.15) is 11.3 Å². The van der Waals surface area contributed by atoms with Gasteiger partial charge in [0.25, 0.3) is 5.91 Å². The van der Waals surface area contributed by atoms with Crippen molar-refractivity contribution in [3.05, 3.63) is 71.7 Å². The van der Waals surface area contributed by atoms with Crippen molar-refractivity contribution >= 4 is 11.6 Å². The third-order valence-corrected chi connectivity index (χ3v) is 4.79. The van der Waals surface area contributed by atoms with Crippen LogP contribution in [0.15, 0.2) is 54.7 Å². The predicted octanol–water partition coefficient (Wildman–Crippen LogP) is 2.65. The number of carbonyl (C=O) groups excluding carboxylic acids is 1. The van der Waals surface area contributed by atoms with Gasteiger partial charge in [-0.05, 0) is 31.0 Å². The summed E-state index contributed by atoms with van der Waals surface area (Å²) in [6.07, 6.45) is 2.79. The summed E-state index contributed by atoms with van der Waals surface area (Å²) in [5.41, 5.74) is 3.67. The van der Waals surface area contributed by atoms with Crippen LogP contribution in [0.4, 0.5) is 0 Å². The van der Waals surface area contributed by atoms with Crippen LogP contribution in [-0.2, 0) is 6.54 Å². The molecule has 0 saturated carbocycles. The number of imidazole rings is 1. The largest absolute Gasteiger partial charge is 0.347 e. The highest BCUT2D eigenvalue weighted by molar-refractivity contribution is 5.93. The second-order valence-corrected chi connectivity index (χ2v) is 6.70. The Morgan fingerprint density at radius 1 is 1.20 bits per heavy atom. The van der Waals surface area contributed by atoms with Gasteiger partial charge in [-0.25, -0.2) is 4.98 Å². The van der Waals surface area contributed by atoms with Gasteiger partial charge in [-0.15, -0.1) is 0 Å². The van der Waals surface area contributed by atoms with Gasteiger partial charge in [0.15, 0.2) is 0 Å². The number of fused-ring (bicyclic) bond motifs is 1. The molecule has 0 spiro atoms. The van der Waals surface area contributed by atoms with Crippen molar-refractivity contribution < 1.29 is 4.79 Å². The van der Waals surface area contributed by atoms with Crippen LogP contribution in [0.1, 0.15) is 28.2 Å². The molecule has 1 amide bonds. The molecule has 2 aromatic heterocycles. The third kappa shape index (κ3) is 3.42. The standard InChI is InChI=1S/C20H22N4O/c1-15-6-5-9-19-22-18(14-24(15)19)20(25)21-17-10-11-23(13-17)12-16-7-3-2-4-8-16/h2-9,14,17H,10-13H2,1H3,(H,21,25). The first-order chi connectivity index (χ1) is 12.2. The molecule has 0 bridgehead atoms. The zero-order valence-corrected chi connectivity index (χ0v) is 14.4. The number of carbonyl (C=O) groups is 1. The van der Waals surface area contributed by atoms with E-state index in [0.29, 0.717) is 5.69 Å². The summed E-state index contributed by atoms with van der Waals surface area (Å²) in [5, 5.41) is 3.13. The molecule has 25 heavy (non-hydrogen) atoms. The van der Waals surface area contributed by atoms with E-state index in [-0.39, 0.29) is 11.9 Å². The van der Waals surface area contributed by atoms with Crippen LogP contribution in [0, 0.1) is 6.92 Å². The molecule has 1 N–H and O–H groups in total. The number of nitrogens with zero attached hydrogens (tertiary/aromatic N) is 3. The number of hydrogen-bond donors (Lipinski definition) is 1. The Kier molecular flexibility index (Phi) is 4.24. The molecule has 128 valence electrons. The quantitative estimate of drug-likeness (QED) is 0.798. The first-order valence-electron chi connectivity index (χ1n) is 8.71. The summed E-state index contributed by atoms with van der Waals surface area (Å²) in [4.78, 5) is 19.4. The van der Waals surface area contributed by atoms with Crippen LogP contribution in [0.5, 0.6) is 0 Å². The van der Waals surface area contributed by atoms with Crippen LogP contribution >= 0.6 is 0 Å². The molecule has 1 aliphatic heterocycles. The van der Waals surface area contributed by atoms with Crippen LogP contribution in [-0.4, -0.2) is 39.3 Å². The van der Waals surface area contributed by atoms with Gasteiger partial charge in [0, 0.05) is 37.6 Å². The average molecular weight is 334 g/mol. The van der Waals surface area contributed by atoms with Gasteiger partial charge >= 0.3 is 0 Å². The molecular formula is C20H22N4O. The second-order valence-electron chi connectivity index (χ2n) is 6.70. The molecule has 1 fully saturated rings. The lowest BCUT2D eigenvalue weighted by molar-refractivity contribution is 0.0933. The van der Waals surface area contributed by atoms with Gasteiger partial charge < -0.3 is 9.72 Å². The number of aromatic nitrogens is 2. The molecule has 0 aliphatic carbocycles. The van der Waals surface area contributed by atoms with Gasteiger partial charge in [-0.1, -0.05) is 36.4 Å². The van der Waals surface area contributed by atoms with Crippen molar-refractivity contribution in [2.75, 3.05) is 13.1 Å². The highest BCUT2D eigenvalue weighted by atomic mass is 16.2. The summed E-state index contributed by atoms with van der Waals surface area (Å²) in [7, 11) is 0. The normalized spacial score (nSPS) is 17.9. The van der Waals surface area contributed by atoms with Crippen molar-refractivity contribution in [3.63, 3.8) is 0 Å². The Balaban J connectivity index is 1.38. The number of nitrogens with one attached hydrogen (secondary N) is 1. The molecule has 1 unspecified atom stereocenters. The van der Waals surface area contributed by atoms with Crippen LogP contribution in [0.3, 0.4) is 0 Å². The SMILES string of the molecule is Cc1cccc2nc(C(=O)NC3CCN(Cc4ccccc4)C3)cn12. The smallest absolute Gasteiger partial charge is 0.271 e. The number of amides is 1. The Morgan fingerprint density at radius 2 is 2.04 bits per heavy atom. The molecule has 3 aromatic rings. The molecule has 1 saturated heterocycles. The second kappa shape index (κ2) is 6.69. The number of aryl methyl sites for hydroxylation is 1. The lowest BCUT2D eigenvalue weighted by atomic mass is 10.2. The van der Waals surface area contributed by atoms with E-state index in [1.165, 1.54) is 5.56 Å². The third-order valence-electron chi connectivity index (χ3n) is 4.79. The molecule has 0 radical (unpaired) electrons. The van der Waals surface area contributed by atoms with Gasteiger partial charge in [-0.2, -0.15) is 0 Å². The van der Waals surface area contributed by atoms with Gasteiger partial charge in [0.05, 0.1) is 0 Å². The zero-order chi connectivity index (χ0) is 17.2. The van der Waals surface area contributed by atoms with E-state index < -0.39 is 0 Å². The van der Waals surface area contributed by atoms with E-state index in [9.17, 15) is 4.79 Å². The Bertz CT molecular complexity index is 887. The number of benzene rings is 1. The molecule has 4 rings (SSSR count). The fourth-order valence-electron chi connectivity index (χ4n) is 3.45. The zero-order valence-electron chi connectivity index (χ0n) is 14.4. The maximum absolute atomic E-state index is 12.5. The van der Waals surface area contributed by atoms with Crippen molar-refractivity contribution in [1.29, 1.82) is 0 Å². The molecule has 5 nitrogen and oxygen atoms in total. The van der Waals surface area contributed by atoms with E-state index in [4.69, 9.17) is 0 Å². The summed E-state index contributed by atoms with van der Waals surface area (Å²) in [5.74, 6) is -0.0883. The molecule has 1 aliphatic rings. The molecule has 3 heterocycles. The van der Waals surface area contributed by atoms with Crippen molar-refractivity contribution in [2.45, 2.75) is 25.9 Å². The number of likely N-dealkylation sites (tertiary alicyclic amines) is 1. The number of pyridine rings is 1. The summed E-state index contributed by atoms with van der Waals surface area (Å²) in [6, 6.07) is 16.5. The number of hydrogen-bond acceptors (Lipinski definition) is 3. The lowest BCUT2D eigenvalue weighted by Gasteiger charge is -2.16. The Hall–Kier alpha value is -2.66. The van der Waals surface area contributed by atoms with Crippen LogP contribution in [0.2, 0.25) is 0 Å². The van der Waals surface area contributed by atoms with Crippen molar-refractivity contribution in [2.24, 2.45) is 0 Å². The first kappa shape index (κ1) is 15.8. The average Bonchev–Trinajstić information content (AvgIpc) is 3.23.